The Balaban J connectivity index is 1.72. The predicted molar refractivity (Wildman–Crippen MR) is 72.7 cm³/mol. The van der Waals surface area contributed by atoms with Crippen LogP contribution in [0.3, 0.4) is 0 Å². The minimum atomic E-state index is -0.527. The molecule has 0 amide bonds. The Morgan fingerprint density at radius 3 is 2.74 bits per heavy atom. The SMILES string of the molecule is CC12C=CC(C)(O1)[C@@H](OCc1ccccc1)[C@@H](O)C2. The largest absolute Gasteiger partial charge is 0.390 e. The van der Waals surface area contributed by atoms with Gasteiger partial charge in [0.25, 0.3) is 0 Å². The van der Waals surface area contributed by atoms with E-state index >= 15 is 0 Å². The number of aliphatic hydroxyl groups excluding tert-OH is 1. The molecule has 3 heteroatoms. The molecule has 2 heterocycles. The second kappa shape index (κ2) is 4.44. The Morgan fingerprint density at radius 2 is 2.00 bits per heavy atom. The van der Waals surface area contributed by atoms with Crippen molar-refractivity contribution in [2.24, 2.45) is 0 Å². The van der Waals surface area contributed by atoms with E-state index in [0.29, 0.717) is 13.0 Å². The number of rotatable bonds is 3. The zero-order chi connectivity index (χ0) is 13.5. The highest BCUT2D eigenvalue weighted by atomic mass is 16.6. The molecular weight excluding hydrogens is 240 g/mol. The van der Waals surface area contributed by atoms with Crippen molar-refractivity contribution < 1.29 is 14.6 Å². The van der Waals surface area contributed by atoms with Crippen molar-refractivity contribution in [3.05, 3.63) is 48.0 Å². The van der Waals surface area contributed by atoms with E-state index in [1.807, 2.05) is 56.3 Å². The molecule has 2 aliphatic rings. The first-order valence-electron chi connectivity index (χ1n) is 6.75. The Labute approximate surface area is 113 Å². The molecule has 19 heavy (non-hydrogen) atoms. The second-order valence-corrected chi connectivity index (χ2v) is 5.92. The van der Waals surface area contributed by atoms with Crippen LogP contribution in [0.25, 0.3) is 0 Å². The smallest absolute Gasteiger partial charge is 0.116 e. The third kappa shape index (κ3) is 2.34. The predicted octanol–water partition coefficient (Wildman–Crippen LogP) is 2.44. The van der Waals surface area contributed by atoms with E-state index in [2.05, 4.69) is 0 Å². The van der Waals surface area contributed by atoms with Gasteiger partial charge in [-0.1, -0.05) is 42.5 Å². The molecule has 2 aliphatic heterocycles. The van der Waals surface area contributed by atoms with Crippen molar-refractivity contribution >= 4 is 0 Å². The van der Waals surface area contributed by atoms with E-state index in [4.69, 9.17) is 9.47 Å². The van der Waals surface area contributed by atoms with Crippen LogP contribution >= 0.6 is 0 Å². The van der Waals surface area contributed by atoms with Crippen LogP contribution in [-0.4, -0.2) is 28.5 Å². The van der Waals surface area contributed by atoms with Crippen LogP contribution in [0.4, 0.5) is 0 Å². The molecule has 2 unspecified atom stereocenters. The topological polar surface area (TPSA) is 38.7 Å². The third-order valence-electron chi connectivity index (χ3n) is 4.02. The lowest BCUT2D eigenvalue weighted by molar-refractivity contribution is -0.226. The first-order valence-corrected chi connectivity index (χ1v) is 6.75. The fourth-order valence-corrected chi connectivity index (χ4v) is 3.12. The average Bonchev–Trinajstić information content (AvgIpc) is 2.62. The Morgan fingerprint density at radius 1 is 1.26 bits per heavy atom. The highest BCUT2D eigenvalue weighted by Gasteiger charge is 2.53. The van der Waals surface area contributed by atoms with E-state index in [1.165, 1.54) is 0 Å². The summed E-state index contributed by atoms with van der Waals surface area (Å²) in [6.45, 7) is 4.48. The van der Waals surface area contributed by atoms with Crippen LogP contribution in [0, 0.1) is 0 Å². The molecule has 0 saturated carbocycles. The van der Waals surface area contributed by atoms with E-state index in [1.54, 1.807) is 0 Å². The number of benzene rings is 1. The van der Waals surface area contributed by atoms with E-state index in [0.717, 1.165) is 5.56 Å². The van der Waals surface area contributed by atoms with E-state index in [9.17, 15) is 5.11 Å². The maximum Gasteiger partial charge on any atom is 0.116 e. The maximum absolute atomic E-state index is 10.3. The van der Waals surface area contributed by atoms with Crippen LogP contribution < -0.4 is 0 Å². The lowest BCUT2D eigenvalue weighted by Crippen LogP contribution is -2.56. The second-order valence-electron chi connectivity index (χ2n) is 5.92. The summed E-state index contributed by atoms with van der Waals surface area (Å²) in [5, 5.41) is 10.3. The molecule has 3 rings (SSSR count). The van der Waals surface area contributed by atoms with E-state index < -0.39 is 11.7 Å². The quantitative estimate of drug-likeness (QED) is 0.848. The summed E-state index contributed by atoms with van der Waals surface area (Å²) in [5.41, 5.74) is 0.232. The molecule has 0 radical (unpaired) electrons. The fourth-order valence-electron chi connectivity index (χ4n) is 3.12. The highest BCUT2D eigenvalue weighted by molar-refractivity contribution is 5.23. The van der Waals surface area contributed by atoms with Crippen LogP contribution in [0.5, 0.6) is 0 Å². The van der Waals surface area contributed by atoms with Gasteiger partial charge in [0.2, 0.25) is 0 Å². The Kier molecular flexibility index (Phi) is 3.01. The summed E-state index contributed by atoms with van der Waals surface area (Å²) in [4.78, 5) is 0. The monoisotopic (exact) mass is 260 g/mol. The molecule has 2 bridgehead atoms. The molecule has 3 nitrogen and oxygen atoms in total. The molecular formula is C16H20O3. The number of hydrogen-bond acceptors (Lipinski definition) is 3. The summed E-state index contributed by atoms with van der Waals surface area (Å²) < 4.78 is 12.0. The van der Waals surface area contributed by atoms with Gasteiger partial charge in [-0.2, -0.15) is 0 Å². The standard InChI is InChI=1S/C16H20O3/c1-15-8-9-16(2,19-15)14(13(17)10-15)18-11-12-6-4-3-5-7-12/h3-9,13-14,17H,10-11H2,1-2H3/t13-,14-,15?,16?/m0/s1. The fraction of sp³-hybridized carbons (Fsp3) is 0.500. The van der Waals surface area contributed by atoms with Crippen molar-refractivity contribution in [3.8, 4) is 0 Å². The van der Waals surface area contributed by atoms with Gasteiger partial charge in [0, 0.05) is 6.42 Å². The zero-order valence-corrected chi connectivity index (χ0v) is 11.4. The summed E-state index contributed by atoms with van der Waals surface area (Å²) in [5.74, 6) is 0. The number of ether oxygens (including phenoxy) is 2. The minimum Gasteiger partial charge on any atom is -0.390 e. The van der Waals surface area contributed by atoms with Gasteiger partial charge >= 0.3 is 0 Å². The molecule has 102 valence electrons. The molecule has 1 N–H and O–H groups in total. The van der Waals surface area contributed by atoms with Crippen molar-refractivity contribution in [1.82, 2.24) is 0 Å². The van der Waals surface area contributed by atoms with Crippen molar-refractivity contribution in [2.75, 3.05) is 0 Å². The van der Waals surface area contributed by atoms with Gasteiger partial charge < -0.3 is 14.6 Å². The number of hydrogen-bond donors (Lipinski definition) is 1. The highest BCUT2D eigenvalue weighted by Crippen LogP contribution is 2.44. The molecule has 1 aromatic rings. The summed E-state index contributed by atoms with van der Waals surface area (Å²) in [6.07, 6.45) is 3.83. The number of aliphatic hydroxyl groups is 1. The molecule has 0 aromatic heterocycles. The Bertz CT molecular complexity index is 484. The number of fused-ring (bicyclic) bond motifs is 2. The van der Waals surface area contributed by atoms with Crippen LogP contribution in [0.2, 0.25) is 0 Å². The van der Waals surface area contributed by atoms with Gasteiger partial charge in [0.05, 0.1) is 18.3 Å². The third-order valence-corrected chi connectivity index (χ3v) is 4.02. The zero-order valence-electron chi connectivity index (χ0n) is 11.4. The van der Waals surface area contributed by atoms with Crippen molar-refractivity contribution in [3.63, 3.8) is 0 Å². The van der Waals surface area contributed by atoms with Gasteiger partial charge in [-0.05, 0) is 19.4 Å². The van der Waals surface area contributed by atoms with Gasteiger partial charge in [-0.25, -0.2) is 0 Å². The molecule has 1 fully saturated rings. The molecule has 1 saturated heterocycles. The average molecular weight is 260 g/mol. The molecule has 1 aromatic carbocycles. The van der Waals surface area contributed by atoms with Crippen molar-refractivity contribution in [1.29, 1.82) is 0 Å². The van der Waals surface area contributed by atoms with Gasteiger partial charge in [-0.3, -0.25) is 0 Å². The normalized spacial score (nSPS) is 40.6. The van der Waals surface area contributed by atoms with Crippen LogP contribution in [0.1, 0.15) is 25.8 Å². The Hall–Kier alpha value is -1.16. The lowest BCUT2D eigenvalue weighted by Gasteiger charge is -2.45. The van der Waals surface area contributed by atoms with Crippen LogP contribution in [-0.2, 0) is 16.1 Å². The van der Waals surface area contributed by atoms with Crippen LogP contribution in [0.15, 0.2) is 42.5 Å². The summed E-state index contributed by atoms with van der Waals surface area (Å²) in [6, 6.07) is 10.00. The molecule has 0 spiro atoms. The van der Waals surface area contributed by atoms with Gasteiger partial charge in [0.1, 0.15) is 11.7 Å². The van der Waals surface area contributed by atoms with E-state index in [-0.39, 0.29) is 11.7 Å². The first-order chi connectivity index (χ1) is 9.01. The maximum atomic E-state index is 10.3. The molecule has 4 atom stereocenters. The molecule has 0 aliphatic carbocycles. The van der Waals surface area contributed by atoms with Crippen molar-refractivity contribution in [2.45, 2.75) is 50.3 Å². The minimum absolute atomic E-state index is 0.320. The first kappa shape index (κ1) is 12.9. The summed E-state index contributed by atoms with van der Waals surface area (Å²) in [7, 11) is 0. The van der Waals surface area contributed by atoms with Gasteiger partial charge in [-0.15, -0.1) is 0 Å². The van der Waals surface area contributed by atoms with Gasteiger partial charge in [0.15, 0.2) is 0 Å². The lowest BCUT2D eigenvalue weighted by atomic mass is 9.88. The summed E-state index contributed by atoms with van der Waals surface area (Å²) >= 11 is 0.